The number of ketones is 1. The number of carbonyl (C=O) groups excluding carboxylic acids is 1. The van der Waals surface area contributed by atoms with E-state index in [-0.39, 0.29) is 18.0 Å². The molecule has 0 aliphatic rings. The zero-order valence-electron chi connectivity index (χ0n) is 11.6. The van der Waals surface area contributed by atoms with Crippen molar-refractivity contribution in [2.45, 2.75) is 46.3 Å². The molecular formula is C15H22O3. The van der Waals surface area contributed by atoms with E-state index in [1.165, 1.54) is 0 Å². The molecule has 0 saturated carbocycles. The van der Waals surface area contributed by atoms with Crippen LogP contribution in [0.2, 0.25) is 0 Å². The predicted octanol–water partition coefficient (Wildman–Crippen LogP) is 3.47. The van der Waals surface area contributed by atoms with Gasteiger partial charge in [-0.15, -0.1) is 0 Å². The van der Waals surface area contributed by atoms with Gasteiger partial charge in [-0.3, -0.25) is 4.79 Å². The fourth-order valence-corrected chi connectivity index (χ4v) is 1.78. The molecule has 100 valence electrons. The summed E-state index contributed by atoms with van der Waals surface area (Å²) in [5, 5.41) is 0. The number of ether oxygens (including phenoxy) is 2. The molecule has 0 saturated heterocycles. The molecule has 0 fully saturated rings. The van der Waals surface area contributed by atoms with Crippen LogP contribution < -0.4 is 4.74 Å². The Morgan fingerprint density at radius 1 is 1.22 bits per heavy atom. The lowest BCUT2D eigenvalue weighted by atomic mass is 10.0. The van der Waals surface area contributed by atoms with E-state index >= 15 is 0 Å². The van der Waals surface area contributed by atoms with Crippen molar-refractivity contribution in [2.24, 2.45) is 0 Å². The molecule has 0 spiro atoms. The number of para-hydroxylation sites is 1. The highest BCUT2D eigenvalue weighted by atomic mass is 16.5. The van der Waals surface area contributed by atoms with Crippen molar-refractivity contribution in [3.8, 4) is 5.75 Å². The van der Waals surface area contributed by atoms with Crippen LogP contribution >= 0.6 is 0 Å². The fourth-order valence-electron chi connectivity index (χ4n) is 1.78. The minimum absolute atomic E-state index is 0.00407. The highest BCUT2D eigenvalue weighted by Gasteiger charge is 2.21. The first-order chi connectivity index (χ1) is 8.60. The zero-order valence-corrected chi connectivity index (χ0v) is 11.6. The van der Waals surface area contributed by atoms with Crippen LogP contribution in [0.3, 0.4) is 0 Å². The molecule has 3 heteroatoms. The van der Waals surface area contributed by atoms with Gasteiger partial charge in [0.1, 0.15) is 11.9 Å². The summed E-state index contributed by atoms with van der Waals surface area (Å²) in [6.07, 6.45) is 0.334. The van der Waals surface area contributed by atoms with Gasteiger partial charge in [0.25, 0.3) is 0 Å². The average molecular weight is 250 g/mol. The number of hydrogen-bond donors (Lipinski definition) is 0. The quantitative estimate of drug-likeness (QED) is 0.695. The maximum absolute atomic E-state index is 12.4. The first-order valence-electron chi connectivity index (χ1n) is 6.51. The van der Waals surface area contributed by atoms with Crippen molar-refractivity contribution in [2.75, 3.05) is 6.61 Å². The lowest BCUT2D eigenvalue weighted by Crippen LogP contribution is -2.24. The minimum atomic E-state index is -0.382. The lowest BCUT2D eigenvalue weighted by molar-refractivity contribution is 0.0439. The molecule has 0 aromatic heterocycles. The normalized spacial score (nSPS) is 12.5. The van der Waals surface area contributed by atoms with E-state index < -0.39 is 0 Å². The largest absolute Gasteiger partial charge is 0.490 e. The summed E-state index contributed by atoms with van der Waals surface area (Å²) < 4.78 is 11.1. The van der Waals surface area contributed by atoms with E-state index in [1.807, 2.05) is 45.9 Å². The molecule has 18 heavy (non-hydrogen) atoms. The Morgan fingerprint density at radius 2 is 1.89 bits per heavy atom. The molecule has 3 nitrogen and oxygen atoms in total. The van der Waals surface area contributed by atoms with Gasteiger partial charge in [-0.1, -0.05) is 19.1 Å². The SMILES string of the molecule is CCOC(CC)C(=O)c1ccccc1OC(C)C. The topological polar surface area (TPSA) is 35.5 Å². The van der Waals surface area contributed by atoms with Crippen molar-refractivity contribution >= 4 is 5.78 Å². The average Bonchev–Trinajstić information content (AvgIpc) is 2.35. The maximum Gasteiger partial charge on any atom is 0.195 e. The van der Waals surface area contributed by atoms with Crippen molar-refractivity contribution < 1.29 is 14.3 Å². The van der Waals surface area contributed by atoms with Gasteiger partial charge in [-0.2, -0.15) is 0 Å². The van der Waals surface area contributed by atoms with Gasteiger partial charge >= 0.3 is 0 Å². The third-order valence-corrected chi connectivity index (χ3v) is 2.55. The van der Waals surface area contributed by atoms with Crippen molar-refractivity contribution in [3.05, 3.63) is 29.8 Å². The van der Waals surface area contributed by atoms with E-state index in [9.17, 15) is 4.79 Å². The highest BCUT2D eigenvalue weighted by Crippen LogP contribution is 2.22. The molecule has 0 amide bonds. The Kier molecular flexibility index (Phi) is 5.86. The van der Waals surface area contributed by atoms with E-state index in [1.54, 1.807) is 6.07 Å². The molecule has 0 bridgehead atoms. The Hall–Kier alpha value is -1.35. The summed E-state index contributed by atoms with van der Waals surface area (Å²) >= 11 is 0. The first kappa shape index (κ1) is 14.7. The molecule has 0 N–H and O–H groups in total. The number of hydrogen-bond acceptors (Lipinski definition) is 3. The Balaban J connectivity index is 2.96. The van der Waals surface area contributed by atoms with E-state index in [0.29, 0.717) is 24.3 Å². The van der Waals surface area contributed by atoms with Crippen LogP contribution in [0.1, 0.15) is 44.5 Å². The second-order valence-electron chi connectivity index (χ2n) is 4.38. The molecule has 0 radical (unpaired) electrons. The summed E-state index contributed by atoms with van der Waals surface area (Å²) in [5.41, 5.74) is 0.603. The Labute approximate surface area is 109 Å². The number of carbonyl (C=O) groups is 1. The predicted molar refractivity (Wildman–Crippen MR) is 72.2 cm³/mol. The second-order valence-corrected chi connectivity index (χ2v) is 4.38. The van der Waals surface area contributed by atoms with Gasteiger partial charge in [-0.25, -0.2) is 0 Å². The van der Waals surface area contributed by atoms with Gasteiger partial charge < -0.3 is 9.47 Å². The molecule has 1 rings (SSSR count). The minimum Gasteiger partial charge on any atom is -0.490 e. The second kappa shape index (κ2) is 7.17. The third kappa shape index (κ3) is 3.84. The molecule has 0 aliphatic carbocycles. The van der Waals surface area contributed by atoms with Gasteiger partial charge in [0, 0.05) is 6.61 Å². The molecule has 0 aliphatic heterocycles. The van der Waals surface area contributed by atoms with E-state index in [2.05, 4.69) is 0 Å². The Morgan fingerprint density at radius 3 is 2.44 bits per heavy atom. The van der Waals surface area contributed by atoms with Crippen LogP contribution in [0.15, 0.2) is 24.3 Å². The van der Waals surface area contributed by atoms with Crippen LogP contribution in [-0.4, -0.2) is 24.6 Å². The number of Topliss-reactive ketones (excluding diaryl/α,β-unsaturated/α-hetero) is 1. The van der Waals surface area contributed by atoms with Gasteiger partial charge in [0.05, 0.1) is 11.7 Å². The summed E-state index contributed by atoms with van der Waals surface area (Å²) in [6.45, 7) is 8.27. The van der Waals surface area contributed by atoms with Gasteiger partial charge in [0.15, 0.2) is 5.78 Å². The molecule has 1 aromatic rings. The molecular weight excluding hydrogens is 228 g/mol. The lowest BCUT2D eigenvalue weighted by Gasteiger charge is -2.17. The number of rotatable bonds is 7. The highest BCUT2D eigenvalue weighted by molar-refractivity contribution is 6.01. The Bertz CT molecular complexity index is 385. The van der Waals surface area contributed by atoms with Gasteiger partial charge in [-0.05, 0) is 39.3 Å². The first-order valence-corrected chi connectivity index (χ1v) is 6.51. The smallest absolute Gasteiger partial charge is 0.195 e. The van der Waals surface area contributed by atoms with Gasteiger partial charge in [0.2, 0.25) is 0 Å². The van der Waals surface area contributed by atoms with E-state index in [0.717, 1.165) is 0 Å². The summed E-state index contributed by atoms with van der Waals surface area (Å²) in [5.74, 6) is 0.631. The maximum atomic E-state index is 12.4. The summed E-state index contributed by atoms with van der Waals surface area (Å²) in [7, 11) is 0. The van der Waals surface area contributed by atoms with Crippen LogP contribution in [-0.2, 0) is 4.74 Å². The van der Waals surface area contributed by atoms with Crippen LogP contribution in [0.5, 0.6) is 5.75 Å². The number of benzene rings is 1. The monoisotopic (exact) mass is 250 g/mol. The third-order valence-electron chi connectivity index (χ3n) is 2.55. The van der Waals surface area contributed by atoms with Crippen LogP contribution in [0.4, 0.5) is 0 Å². The molecule has 1 aromatic carbocycles. The van der Waals surface area contributed by atoms with Crippen molar-refractivity contribution in [1.82, 2.24) is 0 Å². The molecule has 1 atom stereocenters. The molecule has 0 heterocycles. The zero-order chi connectivity index (χ0) is 13.5. The van der Waals surface area contributed by atoms with Crippen LogP contribution in [0, 0.1) is 0 Å². The standard InChI is InChI=1S/C15H22O3/c1-5-13(17-6-2)15(16)12-9-7-8-10-14(12)18-11(3)4/h7-11,13H,5-6H2,1-4H3. The molecule has 1 unspecified atom stereocenters. The van der Waals surface area contributed by atoms with Crippen LogP contribution in [0.25, 0.3) is 0 Å². The summed E-state index contributed by atoms with van der Waals surface area (Å²) in [4.78, 5) is 12.4. The van der Waals surface area contributed by atoms with E-state index in [4.69, 9.17) is 9.47 Å². The van der Waals surface area contributed by atoms with Crippen molar-refractivity contribution in [1.29, 1.82) is 0 Å². The fraction of sp³-hybridized carbons (Fsp3) is 0.533. The summed E-state index contributed by atoms with van der Waals surface area (Å²) in [6, 6.07) is 7.34. The van der Waals surface area contributed by atoms with Crippen molar-refractivity contribution in [3.63, 3.8) is 0 Å².